The Balaban J connectivity index is 2.32. The molecule has 1 aliphatic rings. The van der Waals surface area contributed by atoms with Crippen molar-refractivity contribution in [3.8, 4) is 0 Å². The van der Waals surface area contributed by atoms with Crippen LogP contribution in [0.5, 0.6) is 0 Å². The number of aromatic nitrogens is 1. The highest BCUT2D eigenvalue weighted by atomic mass is 16.4. The highest BCUT2D eigenvalue weighted by Gasteiger charge is 2.25. The summed E-state index contributed by atoms with van der Waals surface area (Å²) in [6, 6.07) is 1.97. The Hall–Kier alpha value is -1.78. The van der Waals surface area contributed by atoms with Gasteiger partial charge < -0.3 is 15.8 Å². The lowest BCUT2D eigenvalue weighted by molar-refractivity contribution is 0.310. The van der Waals surface area contributed by atoms with E-state index in [1.165, 1.54) is 12.8 Å². The summed E-state index contributed by atoms with van der Waals surface area (Å²) in [7, 11) is 0. The van der Waals surface area contributed by atoms with Gasteiger partial charge in [0.15, 0.2) is 5.84 Å². The predicted octanol–water partition coefficient (Wildman–Crippen LogP) is 2.67. The molecule has 0 amide bonds. The van der Waals surface area contributed by atoms with E-state index in [4.69, 9.17) is 10.9 Å². The van der Waals surface area contributed by atoms with Crippen LogP contribution >= 0.6 is 0 Å². The van der Waals surface area contributed by atoms with E-state index in [0.29, 0.717) is 0 Å². The van der Waals surface area contributed by atoms with Gasteiger partial charge in [0, 0.05) is 18.8 Å². The number of nitrogens with zero attached hydrogens (tertiary/aromatic N) is 3. The van der Waals surface area contributed by atoms with Crippen LogP contribution in [0.2, 0.25) is 0 Å². The summed E-state index contributed by atoms with van der Waals surface area (Å²) < 4.78 is 0. The summed E-state index contributed by atoms with van der Waals surface area (Å²) in [5.41, 5.74) is 8.58. The van der Waals surface area contributed by atoms with Gasteiger partial charge in [0.2, 0.25) is 0 Å². The topological polar surface area (TPSA) is 74.7 Å². The first kappa shape index (κ1) is 15.6. The third kappa shape index (κ3) is 3.28. The highest BCUT2D eigenvalue weighted by Crippen LogP contribution is 2.30. The number of hydrogen-bond acceptors (Lipinski definition) is 4. The van der Waals surface area contributed by atoms with Gasteiger partial charge in [0.05, 0.1) is 5.56 Å². The molecule has 0 spiro atoms. The number of piperidine rings is 1. The number of oxime groups is 1. The molecule has 1 saturated heterocycles. The molecule has 1 aliphatic heterocycles. The molecule has 0 aromatic carbocycles. The average molecular weight is 290 g/mol. The Morgan fingerprint density at radius 2 is 2.00 bits per heavy atom. The summed E-state index contributed by atoms with van der Waals surface area (Å²) in [6.45, 7) is 10.5. The third-order valence-electron chi connectivity index (χ3n) is 4.47. The molecule has 116 valence electrons. The second kappa shape index (κ2) is 6.33. The maximum Gasteiger partial charge on any atom is 0.174 e. The number of hydrogen-bond donors (Lipinski definition) is 2. The Morgan fingerprint density at radius 1 is 1.38 bits per heavy atom. The molecule has 0 unspecified atom stereocenters. The minimum absolute atomic E-state index is 0.140. The van der Waals surface area contributed by atoms with Crippen molar-refractivity contribution in [2.75, 3.05) is 18.0 Å². The lowest BCUT2D eigenvalue weighted by Gasteiger charge is -2.35. The second-order valence-corrected chi connectivity index (χ2v) is 6.33. The van der Waals surface area contributed by atoms with E-state index in [-0.39, 0.29) is 5.84 Å². The van der Waals surface area contributed by atoms with Crippen LogP contribution in [0.25, 0.3) is 0 Å². The number of rotatable bonds is 3. The summed E-state index contributed by atoms with van der Waals surface area (Å²) in [4.78, 5) is 6.92. The maximum atomic E-state index is 9.04. The zero-order chi connectivity index (χ0) is 15.6. The van der Waals surface area contributed by atoms with Gasteiger partial charge in [-0.2, -0.15) is 0 Å². The van der Waals surface area contributed by atoms with E-state index in [1.54, 1.807) is 0 Å². The fourth-order valence-corrected chi connectivity index (χ4v) is 3.19. The van der Waals surface area contributed by atoms with Gasteiger partial charge in [0.25, 0.3) is 0 Å². The van der Waals surface area contributed by atoms with Crippen molar-refractivity contribution in [1.29, 1.82) is 0 Å². The summed E-state index contributed by atoms with van der Waals surface area (Å²) in [5, 5.41) is 12.2. The fraction of sp³-hybridized carbons (Fsp3) is 0.625. The number of aryl methyl sites for hydroxylation is 2. The first-order valence-electron chi connectivity index (χ1n) is 7.65. The van der Waals surface area contributed by atoms with Gasteiger partial charge in [-0.15, -0.1) is 0 Å². The molecular weight excluding hydrogens is 264 g/mol. The van der Waals surface area contributed by atoms with Crippen LogP contribution in [0.1, 0.15) is 43.5 Å². The van der Waals surface area contributed by atoms with Crippen molar-refractivity contribution in [3.05, 3.63) is 22.9 Å². The highest BCUT2D eigenvalue weighted by molar-refractivity contribution is 6.02. The molecule has 2 rings (SSSR count). The molecule has 21 heavy (non-hydrogen) atoms. The summed E-state index contributed by atoms with van der Waals surface area (Å²) in [5.74, 6) is 2.49. The number of amidine groups is 1. The maximum absolute atomic E-state index is 9.04. The van der Waals surface area contributed by atoms with Crippen LogP contribution in [0.4, 0.5) is 5.82 Å². The minimum atomic E-state index is 0.140. The van der Waals surface area contributed by atoms with Crippen molar-refractivity contribution in [1.82, 2.24) is 4.98 Å². The van der Waals surface area contributed by atoms with Gasteiger partial charge in [0.1, 0.15) is 5.82 Å². The second-order valence-electron chi connectivity index (χ2n) is 6.33. The van der Waals surface area contributed by atoms with Crippen LogP contribution in [0.3, 0.4) is 0 Å². The lowest BCUT2D eigenvalue weighted by Crippen LogP contribution is -2.37. The van der Waals surface area contributed by atoms with Crippen LogP contribution in [-0.2, 0) is 0 Å². The zero-order valence-corrected chi connectivity index (χ0v) is 13.4. The normalized spacial score (nSPS) is 17.6. The van der Waals surface area contributed by atoms with Crippen LogP contribution in [0, 0.1) is 25.7 Å². The largest absolute Gasteiger partial charge is 0.409 e. The van der Waals surface area contributed by atoms with E-state index in [2.05, 4.69) is 28.9 Å². The molecule has 1 aromatic rings. The standard InChI is InChI=1S/C16H26N4O/c1-10(2)13-5-7-20(8-6-13)16-14(15(17)19-21)11(3)9-12(4)18-16/h9-10,13,21H,5-8H2,1-4H3,(H2,17,19). The molecule has 3 N–H and O–H groups in total. The molecule has 5 nitrogen and oxygen atoms in total. The van der Waals surface area contributed by atoms with Gasteiger partial charge in [-0.05, 0) is 50.2 Å². The zero-order valence-electron chi connectivity index (χ0n) is 13.4. The summed E-state index contributed by atoms with van der Waals surface area (Å²) in [6.07, 6.45) is 2.34. The van der Waals surface area contributed by atoms with Gasteiger partial charge in [-0.25, -0.2) is 4.98 Å². The van der Waals surface area contributed by atoms with Crippen molar-refractivity contribution >= 4 is 11.7 Å². The predicted molar refractivity (Wildman–Crippen MR) is 86.0 cm³/mol. The van der Waals surface area contributed by atoms with Gasteiger partial charge in [-0.1, -0.05) is 19.0 Å². The van der Waals surface area contributed by atoms with E-state index in [1.807, 2.05) is 19.9 Å². The average Bonchev–Trinajstić information content (AvgIpc) is 2.45. The van der Waals surface area contributed by atoms with Crippen molar-refractivity contribution in [3.63, 3.8) is 0 Å². The molecular formula is C16H26N4O. The molecule has 2 heterocycles. The molecule has 0 bridgehead atoms. The Morgan fingerprint density at radius 3 is 2.52 bits per heavy atom. The first-order valence-corrected chi connectivity index (χ1v) is 7.65. The van der Waals surface area contributed by atoms with Crippen molar-refractivity contribution in [2.45, 2.75) is 40.5 Å². The third-order valence-corrected chi connectivity index (χ3v) is 4.47. The Bertz CT molecular complexity index is 531. The van der Waals surface area contributed by atoms with E-state index < -0.39 is 0 Å². The van der Waals surface area contributed by atoms with Crippen LogP contribution < -0.4 is 10.6 Å². The van der Waals surface area contributed by atoms with Gasteiger partial charge in [-0.3, -0.25) is 0 Å². The minimum Gasteiger partial charge on any atom is -0.409 e. The number of anilines is 1. The van der Waals surface area contributed by atoms with Crippen LogP contribution in [0.15, 0.2) is 11.2 Å². The van der Waals surface area contributed by atoms with Gasteiger partial charge >= 0.3 is 0 Å². The lowest BCUT2D eigenvalue weighted by atomic mass is 9.86. The van der Waals surface area contributed by atoms with E-state index in [9.17, 15) is 0 Å². The first-order chi connectivity index (χ1) is 9.93. The van der Waals surface area contributed by atoms with Crippen molar-refractivity contribution in [2.24, 2.45) is 22.7 Å². The SMILES string of the molecule is Cc1cc(C)c(/C(N)=N/O)c(N2CCC(C(C)C)CC2)n1. The Kier molecular flexibility index (Phi) is 4.70. The molecule has 0 aliphatic carbocycles. The number of nitrogens with two attached hydrogens (primary N) is 1. The van der Waals surface area contributed by atoms with Crippen LogP contribution in [-0.4, -0.2) is 29.1 Å². The number of pyridine rings is 1. The molecule has 1 aromatic heterocycles. The smallest absolute Gasteiger partial charge is 0.174 e. The van der Waals surface area contributed by atoms with E-state index >= 15 is 0 Å². The Labute approximate surface area is 126 Å². The summed E-state index contributed by atoms with van der Waals surface area (Å²) >= 11 is 0. The molecule has 1 fully saturated rings. The monoisotopic (exact) mass is 290 g/mol. The fourth-order valence-electron chi connectivity index (χ4n) is 3.19. The molecule has 0 atom stereocenters. The van der Waals surface area contributed by atoms with Crippen molar-refractivity contribution < 1.29 is 5.21 Å². The molecule has 5 heteroatoms. The quantitative estimate of drug-likeness (QED) is 0.388. The molecule has 0 radical (unpaired) electrons. The van der Waals surface area contributed by atoms with E-state index in [0.717, 1.165) is 47.6 Å². The molecule has 0 saturated carbocycles.